The summed E-state index contributed by atoms with van der Waals surface area (Å²) in [4.78, 5) is 26.7. The summed E-state index contributed by atoms with van der Waals surface area (Å²) in [5, 5.41) is 10.6. The molecule has 0 aliphatic heterocycles. The van der Waals surface area contributed by atoms with Crippen LogP contribution in [-0.4, -0.2) is 26.5 Å². The average Bonchev–Trinajstić information content (AvgIpc) is 3.20. The highest BCUT2D eigenvalue weighted by Gasteiger charge is 2.19. The maximum Gasteiger partial charge on any atom is 0.190 e. The third kappa shape index (κ3) is 4.48. The van der Waals surface area contributed by atoms with Crippen molar-refractivity contribution in [3.8, 4) is 27.9 Å². The molecule has 2 aromatic heterocycles. The van der Waals surface area contributed by atoms with Crippen molar-refractivity contribution < 1.29 is 4.79 Å². The average molecular weight is 444 g/mol. The van der Waals surface area contributed by atoms with Crippen molar-refractivity contribution in [1.29, 1.82) is 5.26 Å². The first kappa shape index (κ1) is 20.7. The number of carbonyl (C=O) groups is 1. The highest BCUT2D eigenvalue weighted by Crippen LogP contribution is 2.31. The minimum atomic E-state index is -0.0463. The smallest absolute Gasteiger partial charge is 0.190 e. The number of anilines is 1. The molecule has 0 spiro atoms. The third-order valence-electron chi connectivity index (χ3n) is 4.48. The molecule has 8 heteroatoms. The first-order chi connectivity index (χ1) is 15.1. The monoisotopic (exact) mass is 443 g/mol. The molecule has 2 aromatic carbocycles. The summed E-state index contributed by atoms with van der Waals surface area (Å²) < 4.78 is 0. The molecule has 4 rings (SSSR count). The molecule has 0 unspecified atom stereocenters. The summed E-state index contributed by atoms with van der Waals surface area (Å²) in [7, 11) is 0. The predicted octanol–water partition coefficient (Wildman–Crippen LogP) is 5.00. The Morgan fingerprint density at radius 2 is 1.68 bits per heavy atom. The van der Waals surface area contributed by atoms with Gasteiger partial charge in [0.1, 0.15) is 22.5 Å². The van der Waals surface area contributed by atoms with Crippen LogP contribution in [0.25, 0.3) is 21.8 Å². The lowest BCUT2D eigenvalue weighted by Crippen LogP contribution is -2.06. The molecule has 0 atom stereocenters. The number of aryl methyl sites for hydroxylation is 1. The van der Waals surface area contributed by atoms with Gasteiger partial charge in [0.15, 0.2) is 10.9 Å². The molecule has 0 aliphatic rings. The highest BCUT2D eigenvalue weighted by atomic mass is 32.2. The molecule has 0 bridgehead atoms. The van der Waals surface area contributed by atoms with E-state index in [4.69, 9.17) is 5.73 Å². The predicted molar refractivity (Wildman–Crippen MR) is 124 cm³/mol. The summed E-state index contributed by atoms with van der Waals surface area (Å²) >= 11 is 2.58. The molecule has 0 saturated heterocycles. The van der Waals surface area contributed by atoms with Gasteiger partial charge in [0.25, 0.3) is 0 Å². The first-order valence-electron chi connectivity index (χ1n) is 9.38. The number of hydrogen-bond acceptors (Lipinski definition) is 8. The number of hydrogen-bond donors (Lipinski definition) is 1. The van der Waals surface area contributed by atoms with Gasteiger partial charge in [0.05, 0.1) is 22.0 Å². The van der Waals surface area contributed by atoms with Crippen molar-refractivity contribution in [2.24, 2.45) is 0 Å². The van der Waals surface area contributed by atoms with Crippen LogP contribution in [0.2, 0.25) is 0 Å². The van der Waals surface area contributed by atoms with E-state index in [1.165, 1.54) is 23.1 Å². The van der Waals surface area contributed by atoms with Gasteiger partial charge in [0.2, 0.25) is 0 Å². The van der Waals surface area contributed by atoms with E-state index in [-0.39, 0.29) is 22.9 Å². The van der Waals surface area contributed by atoms with Gasteiger partial charge in [-0.05, 0) is 6.92 Å². The number of rotatable bonds is 6. The molecule has 4 aromatic rings. The second-order valence-electron chi connectivity index (χ2n) is 6.60. The van der Waals surface area contributed by atoms with E-state index in [1.54, 1.807) is 0 Å². The van der Waals surface area contributed by atoms with Crippen LogP contribution < -0.4 is 5.73 Å². The molecule has 0 aliphatic carbocycles. The molecule has 31 heavy (non-hydrogen) atoms. The van der Waals surface area contributed by atoms with Gasteiger partial charge in [-0.2, -0.15) is 5.26 Å². The maximum atomic E-state index is 12.9. The van der Waals surface area contributed by atoms with Crippen molar-refractivity contribution in [3.05, 3.63) is 76.8 Å². The number of carbonyl (C=O) groups excluding carboxylic acids is 1. The van der Waals surface area contributed by atoms with Crippen molar-refractivity contribution in [2.75, 3.05) is 11.5 Å². The zero-order valence-corrected chi connectivity index (χ0v) is 18.2. The van der Waals surface area contributed by atoms with Crippen LogP contribution in [-0.2, 0) is 0 Å². The van der Waals surface area contributed by atoms with E-state index >= 15 is 0 Å². The van der Waals surface area contributed by atoms with Crippen LogP contribution in [0.1, 0.15) is 20.9 Å². The number of Topliss-reactive ketones (excluding diaryl/α,β-unsaturated/α-hetero) is 1. The second kappa shape index (κ2) is 9.08. The third-order valence-corrected chi connectivity index (χ3v) is 6.57. The normalized spacial score (nSPS) is 10.6. The number of ketones is 1. The van der Waals surface area contributed by atoms with Crippen molar-refractivity contribution >= 4 is 34.7 Å². The van der Waals surface area contributed by atoms with Crippen LogP contribution in [0.5, 0.6) is 0 Å². The fraction of sp³-hybridized carbons (Fsp3) is 0.0870. The Labute approximate surface area is 187 Å². The van der Waals surface area contributed by atoms with Gasteiger partial charge in [-0.15, -0.1) is 11.3 Å². The number of nitrogen functional groups attached to an aromatic ring is 1. The quantitative estimate of drug-likeness (QED) is 0.254. The van der Waals surface area contributed by atoms with Gasteiger partial charge in [-0.25, -0.2) is 15.0 Å². The molecule has 6 nitrogen and oxygen atoms in total. The van der Waals surface area contributed by atoms with Gasteiger partial charge in [-0.1, -0.05) is 72.4 Å². The first-order valence-corrected chi connectivity index (χ1v) is 11.2. The minimum Gasteiger partial charge on any atom is -0.382 e. The molecular formula is C23H17N5OS2. The molecule has 152 valence electrons. The minimum absolute atomic E-state index is 0.0463. The molecule has 0 saturated carbocycles. The number of thiazole rings is 1. The molecule has 0 fully saturated rings. The van der Waals surface area contributed by atoms with Gasteiger partial charge >= 0.3 is 0 Å². The lowest BCUT2D eigenvalue weighted by atomic mass is 10.1. The summed E-state index contributed by atoms with van der Waals surface area (Å²) in [6, 6.07) is 21.2. The van der Waals surface area contributed by atoms with Crippen LogP contribution in [0.3, 0.4) is 0 Å². The number of thioether (sulfide) groups is 1. The Hall–Kier alpha value is -3.54. The van der Waals surface area contributed by atoms with Gasteiger partial charge < -0.3 is 5.73 Å². The number of benzene rings is 2. The van der Waals surface area contributed by atoms with Crippen molar-refractivity contribution in [2.45, 2.75) is 12.1 Å². The largest absolute Gasteiger partial charge is 0.382 e. The van der Waals surface area contributed by atoms with E-state index < -0.39 is 0 Å². The molecular weight excluding hydrogens is 426 g/mol. The highest BCUT2D eigenvalue weighted by molar-refractivity contribution is 7.99. The molecule has 0 radical (unpaired) electrons. The number of nitrogens with two attached hydrogens (primary N) is 1. The van der Waals surface area contributed by atoms with Crippen molar-refractivity contribution in [3.63, 3.8) is 0 Å². The summed E-state index contributed by atoms with van der Waals surface area (Å²) in [6.07, 6.45) is 0. The Morgan fingerprint density at radius 3 is 2.32 bits per heavy atom. The Kier molecular flexibility index (Phi) is 6.07. The van der Waals surface area contributed by atoms with E-state index in [9.17, 15) is 10.1 Å². The Balaban J connectivity index is 1.56. The number of nitrogens with zero attached hydrogens (tertiary/aromatic N) is 4. The van der Waals surface area contributed by atoms with Crippen LogP contribution in [0, 0.1) is 18.3 Å². The topological polar surface area (TPSA) is 106 Å². The van der Waals surface area contributed by atoms with E-state index in [1.807, 2.05) is 67.6 Å². The van der Waals surface area contributed by atoms with Gasteiger partial charge in [0, 0.05) is 11.1 Å². The number of aromatic nitrogens is 3. The fourth-order valence-corrected chi connectivity index (χ4v) is 4.82. The van der Waals surface area contributed by atoms with E-state index in [0.29, 0.717) is 21.4 Å². The summed E-state index contributed by atoms with van der Waals surface area (Å²) in [5.74, 6) is 0.207. The second-order valence-corrected chi connectivity index (χ2v) is 8.55. The molecule has 0 amide bonds. The lowest BCUT2D eigenvalue weighted by Gasteiger charge is -2.08. The number of nitriles is 1. The maximum absolute atomic E-state index is 12.9. The van der Waals surface area contributed by atoms with Crippen LogP contribution in [0.4, 0.5) is 5.82 Å². The SMILES string of the molecule is Cc1nc(-c2ccccc2)sc1C(=O)CSc1nc(N)c(C#N)c(-c2ccccc2)n1. The lowest BCUT2D eigenvalue weighted by molar-refractivity contribution is 0.102. The Bertz CT molecular complexity index is 1280. The standard InChI is InChI=1S/C23H17N5OS2/c1-14-20(31-22(26-14)16-10-6-3-7-11-16)18(29)13-30-23-27-19(15-8-4-2-5-9-15)17(12-24)21(25)28-23/h2-11H,13H2,1H3,(H2,25,27,28). The molecule has 2 heterocycles. The zero-order chi connectivity index (χ0) is 21.8. The summed E-state index contributed by atoms with van der Waals surface area (Å²) in [6.45, 7) is 1.84. The Morgan fingerprint density at radius 1 is 1.03 bits per heavy atom. The fourth-order valence-electron chi connectivity index (χ4n) is 2.99. The zero-order valence-electron chi connectivity index (χ0n) is 16.6. The molecule has 2 N–H and O–H groups in total. The summed E-state index contributed by atoms with van der Waals surface area (Å²) in [5.41, 5.74) is 9.16. The van der Waals surface area contributed by atoms with Crippen molar-refractivity contribution in [1.82, 2.24) is 15.0 Å². The van der Waals surface area contributed by atoms with E-state index in [0.717, 1.165) is 16.1 Å². The van der Waals surface area contributed by atoms with Gasteiger partial charge in [-0.3, -0.25) is 4.79 Å². The van der Waals surface area contributed by atoms with Crippen LogP contribution in [0.15, 0.2) is 65.8 Å². The van der Waals surface area contributed by atoms with E-state index in [2.05, 4.69) is 21.0 Å². The van der Waals surface area contributed by atoms with Crippen LogP contribution >= 0.6 is 23.1 Å².